The normalized spacial score (nSPS) is 12.0. The van der Waals surface area contributed by atoms with Crippen molar-refractivity contribution < 1.29 is 4.79 Å². The van der Waals surface area contributed by atoms with E-state index in [1.54, 1.807) is 23.1 Å². The quantitative estimate of drug-likeness (QED) is 0.432. The Morgan fingerprint density at radius 1 is 1.28 bits per heavy atom. The maximum atomic E-state index is 12.4. The molecule has 0 N–H and O–H groups in total. The number of thioether (sulfide) groups is 1. The van der Waals surface area contributed by atoms with Crippen molar-refractivity contribution in [3.63, 3.8) is 0 Å². The van der Waals surface area contributed by atoms with Crippen LogP contribution in [-0.2, 0) is 0 Å². The third-order valence-electron chi connectivity index (χ3n) is 2.48. The number of Topliss-reactive ketones (excluding diaryl/α,β-unsaturated/α-hetero) is 1. The van der Waals surface area contributed by atoms with Gasteiger partial charge in [-0.05, 0) is 17.9 Å². The van der Waals surface area contributed by atoms with E-state index in [9.17, 15) is 4.79 Å². The van der Waals surface area contributed by atoms with Gasteiger partial charge in [-0.3, -0.25) is 4.79 Å². The number of rotatable bonds is 6. The molecular formula is C15H14OS2. The van der Waals surface area contributed by atoms with Crippen molar-refractivity contribution >= 4 is 28.9 Å². The summed E-state index contributed by atoms with van der Waals surface area (Å²) < 4.78 is 1.17. The molecule has 0 aliphatic heterocycles. The lowest BCUT2D eigenvalue weighted by Gasteiger charge is -2.12. The fourth-order valence-electron chi connectivity index (χ4n) is 1.62. The zero-order chi connectivity index (χ0) is 12.8. The maximum absolute atomic E-state index is 12.4. The van der Waals surface area contributed by atoms with Crippen LogP contribution in [0.5, 0.6) is 0 Å². The number of hydrogen-bond donors (Lipinski definition) is 0. The highest BCUT2D eigenvalue weighted by Gasteiger charge is 2.20. The number of allylic oxidation sites excluding steroid dienone is 1. The fourth-order valence-corrected chi connectivity index (χ4v) is 3.72. The van der Waals surface area contributed by atoms with E-state index in [4.69, 9.17) is 0 Å². The summed E-state index contributed by atoms with van der Waals surface area (Å²) in [5.74, 6) is 0.175. The molecule has 0 aliphatic rings. The Morgan fingerprint density at radius 2 is 2.06 bits per heavy atom. The summed E-state index contributed by atoms with van der Waals surface area (Å²) in [6.07, 6.45) is 2.50. The Labute approximate surface area is 116 Å². The molecule has 0 fully saturated rings. The van der Waals surface area contributed by atoms with Gasteiger partial charge in [0, 0.05) is 5.56 Å². The zero-order valence-electron chi connectivity index (χ0n) is 9.91. The third kappa shape index (κ3) is 3.34. The van der Waals surface area contributed by atoms with E-state index in [0.717, 1.165) is 5.56 Å². The first-order valence-corrected chi connectivity index (χ1v) is 7.47. The van der Waals surface area contributed by atoms with Gasteiger partial charge in [0.15, 0.2) is 5.78 Å². The van der Waals surface area contributed by atoms with Crippen LogP contribution >= 0.6 is 23.1 Å². The van der Waals surface area contributed by atoms with Crippen LogP contribution < -0.4 is 0 Å². The SMILES string of the molecule is C=CCC(Sc1cccs1)C(=O)c1ccccc1. The van der Waals surface area contributed by atoms with Crippen molar-refractivity contribution in [1.29, 1.82) is 0 Å². The Morgan fingerprint density at radius 3 is 2.67 bits per heavy atom. The van der Waals surface area contributed by atoms with Gasteiger partial charge in [-0.15, -0.1) is 29.7 Å². The van der Waals surface area contributed by atoms with E-state index < -0.39 is 0 Å². The highest BCUT2D eigenvalue weighted by atomic mass is 32.2. The van der Waals surface area contributed by atoms with E-state index in [1.165, 1.54) is 4.21 Å². The van der Waals surface area contributed by atoms with Crippen LogP contribution in [-0.4, -0.2) is 11.0 Å². The first-order valence-electron chi connectivity index (χ1n) is 5.71. The first kappa shape index (κ1) is 13.1. The molecule has 0 amide bonds. The maximum Gasteiger partial charge on any atom is 0.176 e. The topological polar surface area (TPSA) is 17.1 Å². The average molecular weight is 274 g/mol. The summed E-state index contributed by atoms with van der Waals surface area (Å²) in [4.78, 5) is 12.4. The molecule has 1 nitrogen and oxygen atoms in total. The molecule has 1 unspecified atom stereocenters. The number of benzene rings is 1. The van der Waals surface area contributed by atoms with Crippen molar-refractivity contribution in [3.05, 3.63) is 66.1 Å². The van der Waals surface area contributed by atoms with Gasteiger partial charge in [0.2, 0.25) is 0 Å². The summed E-state index contributed by atoms with van der Waals surface area (Å²) >= 11 is 3.29. The number of carbonyl (C=O) groups excluding carboxylic acids is 1. The smallest absolute Gasteiger partial charge is 0.176 e. The minimum Gasteiger partial charge on any atom is -0.293 e. The van der Waals surface area contributed by atoms with Crippen LogP contribution in [0.25, 0.3) is 0 Å². The van der Waals surface area contributed by atoms with Crippen molar-refractivity contribution in [1.82, 2.24) is 0 Å². The van der Waals surface area contributed by atoms with Gasteiger partial charge in [0.1, 0.15) is 0 Å². The van der Waals surface area contributed by atoms with E-state index in [-0.39, 0.29) is 11.0 Å². The molecule has 1 atom stereocenters. The van der Waals surface area contributed by atoms with Crippen LogP contribution in [0.3, 0.4) is 0 Å². The summed E-state index contributed by atoms with van der Waals surface area (Å²) in [7, 11) is 0. The van der Waals surface area contributed by atoms with Crippen molar-refractivity contribution in [2.45, 2.75) is 15.9 Å². The second-order valence-corrected chi connectivity index (χ2v) is 6.24. The molecule has 2 aromatic rings. The zero-order valence-corrected chi connectivity index (χ0v) is 11.5. The monoisotopic (exact) mass is 274 g/mol. The molecule has 0 aliphatic carbocycles. The van der Waals surface area contributed by atoms with Crippen LogP contribution in [0.1, 0.15) is 16.8 Å². The average Bonchev–Trinajstić information content (AvgIpc) is 2.91. The van der Waals surface area contributed by atoms with Crippen molar-refractivity contribution in [2.75, 3.05) is 0 Å². The molecule has 1 heterocycles. The van der Waals surface area contributed by atoms with Crippen molar-refractivity contribution in [3.8, 4) is 0 Å². The van der Waals surface area contributed by atoms with Crippen LogP contribution in [0, 0.1) is 0 Å². The van der Waals surface area contributed by atoms with E-state index in [2.05, 4.69) is 6.58 Å². The fraction of sp³-hybridized carbons (Fsp3) is 0.133. The Balaban J connectivity index is 2.14. The minimum atomic E-state index is -0.0800. The summed E-state index contributed by atoms with van der Waals surface area (Å²) in [5, 5.41) is 1.95. The summed E-state index contributed by atoms with van der Waals surface area (Å²) in [5.41, 5.74) is 0.772. The van der Waals surface area contributed by atoms with Gasteiger partial charge in [-0.2, -0.15) is 0 Å². The van der Waals surface area contributed by atoms with Crippen LogP contribution in [0.15, 0.2) is 64.7 Å². The lowest BCUT2D eigenvalue weighted by molar-refractivity contribution is 0.0990. The van der Waals surface area contributed by atoms with E-state index in [0.29, 0.717) is 6.42 Å². The largest absolute Gasteiger partial charge is 0.293 e. The van der Waals surface area contributed by atoms with Gasteiger partial charge in [0.25, 0.3) is 0 Å². The van der Waals surface area contributed by atoms with Crippen LogP contribution in [0.4, 0.5) is 0 Å². The minimum absolute atomic E-state index is 0.0800. The molecule has 1 aromatic carbocycles. The second kappa shape index (κ2) is 6.57. The van der Waals surface area contributed by atoms with E-state index >= 15 is 0 Å². The van der Waals surface area contributed by atoms with Crippen LogP contribution in [0.2, 0.25) is 0 Å². The standard InChI is InChI=1S/C15H14OS2/c1-2-7-13(18-14-10-6-11-17-14)15(16)12-8-4-3-5-9-12/h2-6,8-11,13H,1,7H2. The molecule has 0 bridgehead atoms. The first-order chi connectivity index (χ1) is 8.81. The van der Waals surface area contributed by atoms with E-state index in [1.807, 2.05) is 53.9 Å². The lowest BCUT2D eigenvalue weighted by Crippen LogP contribution is -2.16. The highest BCUT2D eigenvalue weighted by Crippen LogP contribution is 2.31. The number of hydrogen-bond acceptors (Lipinski definition) is 3. The second-order valence-electron chi connectivity index (χ2n) is 3.79. The molecule has 0 saturated heterocycles. The molecule has 1 aromatic heterocycles. The highest BCUT2D eigenvalue weighted by molar-refractivity contribution is 8.02. The van der Waals surface area contributed by atoms with Gasteiger partial charge in [-0.25, -0.2) is 0 Å². The lowest BCUT2D eigenvalue weighted by atomic mass is 10.1. The Bertz CT molecular complexity index is 503. The third-order valence-corrected chi connectivity index (χ3v) is 4.78. The molecule has 3 heteroatoms. The molecule has 0 saturated carbocycles. The predicted molar refractivity (Wildman–Crippen MR) is 79.6 cm³/mol. The molecule has 92 valence electrons. The summed E-state index contributed by atoms with van der Waals surface area (Å²) in [6, 6.07) is 13.5. The van der Waals surface area contributed by atoms with Gasteiger partial charge in [0.05, 0.1) is 9.46 Å². The molecular weight excluding hydrogens is 260 g/mol. The van der Waals surface area contributed by atoms with Gasteiger partial charge < -0.3 is 0 Å². The van der Waals surface area contributed by atoms with Crippen molar-refractivity contribution in [2.24, 2.45) is 0 Å². The summed E-state index contributed by atoms with van der Waals surface area (Å²) in [6.45, 7) is 3.74. The number of thiophene rings is 1. The number of carbonyl (C=O) groups is 1. The molecule has 2 rings (SSSR count). The number of ketones is 1. The Hall–Kier alpha value is -1.32. The molecule has 0 spiro atoms. The van der Waals surface area contributed by atoms with Gasteiger partial charge in [-0.1, -0.05) is 42.5 Å². The predicted octanol–water partition coefficient (Wildman–Crippen LogP) is 4.67. The molecule has 0 radical (unpaired) electrons. The Kier molecular flexibility index (Phi) is 4.79. The molecule has 18 heavy (non-hydrogen) atoms. The van der Waals surface area contributed by atoms with Gasteiger partial charge >= 0.3 is 0 Å².